The zero-order valence-corrected chi connectivity index (χ0v) is 9.57. The van der Waals surface area contributed by atoms with Crippen LogP contribution in [-0.4, -0.2) is 9.78 Å². The van der Waals surface area contributed by atoms with Crippen LogP contribution in [-0.2, 0) is 0 Å². The van der Waals surface area contributed by atoms with Crippen molar-refractivity contribution in [1.82, 2.24) is 9.78 Å². The molecule has 0 atom stereocenters. The first-order valence-corrected chi connectivity index (χ1v) is 4.70. The number of aromatic nitrogens is 2. The molecule has 0 saturated carbocycles. The van der Waals surface area contributed by atoms with Crippen molar-refractivity contribution in [3.63, 3.8) is 0 Å². The molecule has 0 fully saturated rings. The van der Waals surface area contributed by atoms with Gasteiger partial charge in [-0.25, -0.2) is 5.10 Å². The van der Waals surface area contributed by atoms with Crippen LogP contribution < -0.4 is 18.9 Å². The zero-order valence-electron chi connectivity index (χ0n) is 9.57. The molecule has 2 nitrogen and oxygen atoms in total. The Bertz CT molecular complexity index is 518. The van der Waals surface area contributed by atoms with Crippen molar-refractivity contribution in [2.45, 2.75) is 6.92 Å². The predicted molar refractivity (Wildman–Crippen MR) is 60.1 cm³/mol. The second-order valence-corrected chi connectivity index (χ2v) is 3.26. The average Bonchev–Trinajstić information content (AvgIpc) is 2.59. The van der Waals surface area contributed by atoms with E-state index < -0.39 is 0 Å². The molecule has 1 aromatic heterocycles. The minimum atomic E-state index is 0. The van der Waals surface area contributed by atoms with E-state index in [0.29, 0.717) is 0 Å². The van der Waals surface area contributed by atoms with Crippen molar-refractivity contribution in [1.29, 1.82) is 0 Å². The van der Waals surface area contributed by atoms with Gasteiger partial charge in [0, 0.05) is 11.8 Å². The number of hydrogen-bond acceptors (Lipinski definition) is 1. The van der Waals surface area contributed by atoms with Crippen molar-refractivity contribution in [2.24, 2.45) is 0 Å². The molecule has 16 heavy (non-hydrogen) atoms. The molecule has 2 rings (SSSR count). The van der Waals surface area contributed by atoms with Gasteiger partial charge in [0.15, 0.2) is 0 Å². The van der Waals surface area contributed by atoms with E-state index in [1.54, 1.807) is 10.9 Å². The summed E-state index contributed by atoms with van der Waals surface area (Å²) in [4.78, 5) is 0. The molecule has 0 radical (unpaired) electrons. The summed E-state index contributed by atoms with van der Waals surface area (Å²) in [5.41, 5.74) is 2.92. The van der Waals surface area contributed by atoms with Crippen LogP contribution in [0.15, 0.2) is 36.5 Å². The fourth-order valence-electron chi connectivity index (χ4n) is 1.23. The van der Waals surface area contributed by atoms with Gasteiger partial charge in [0.05, 0.1) is 0 Å². The van der Waals surface area contributed by atoms with Gasteiger partial charge in [0.2, 0.25) is 0 Å². The molecule has 2 aromatic rings. The van der Waals surface area contributed by atoms with Crippen molar-refractivity contribution < 1.29 is 18.9 Å². The summed E-state index contributed by atoms with van der Waals surface area (Å²) in [5, 5.41) is 4.03. The Labute approximate surface area is 108 Å². The van der Waals surface area contributed by atoms with Gasteiger partial charge in [-0.15, -0.1) is 0 Å². The Kier molecular flexibility index (Phi) is 4.32. The molecule has 0 aliphatic carbocycles. The Hall–Kier alpha value is -1.54. The number of rotatable bonds is 0. The molecule has 0 spiro atoms. The van der Waals surface area contributed by atoms with Gasteiger partial charge in [0.25, 0.3) is 0 Å². The topological polar surface area (TPSA) is 17.8 Å². The Morgan fingerprint density at radius 1 is 1.19 bits per heavy atom. The maximum atomic E-state index is 4.03. The first-order chi connectivity index (χ1) is 7.27. The summed E-state index contributed by atoms with van der Waals surface area (Å²) in [7, 11) is 3.73. The number of hydrogen-bond donors (Lipinski definition) is 0. The maximum Gasteiger partial charge on any atom is 1.00 e. The minimum Gasteiger partial charge on any atom is -0.405 e. The summed E-state index contributed by atoms with van der Waals surface area (Å²) in [6, 6.07) is 9.89. The van der Waals surface area contributed by atoms with Gasteiger partial charge in [-0.3, -0.25) is 0 Å². The Balaban J connectivity index is 0.00000128. The van der Waals surface area contributed by atoms with Crippen LogP contribution in [0.3, 0.4) is 0 Å². The van der Waals surface area contributed by atoms with Crippen molar-refractivity contribution in [2.75, 3.05) is 0 Å². The molecule has 0 aliphatic rings. The minimum absolute atomic E-state index is 0. The van der Waals surface area contributed by atoms with E-state index >= 15 is 0 Å². The molecule has 1 heterocycles. The van der Waals surface area contributed by atoms with Crippen LogP contribution in [0.25, 0.3) is 0 Å². The smallest absolute Gasteiger partial charge is 0.405 e. The van der Waals surface area contributed by atoms with E-state index in [0.717, 1.165) is 16.8 Å². The van der Waals surface area contributed by atoms with E-state index in [9.17, 15) is 0 Å². The predicted octanol–water partition coefficient (Wildman–Crippen LogP) is -0.765. The van der Waals surface area contributed by atoms with Gasteiger partial charge in [-0.05, 0) is 17.7 Å². The van der Waals surface area contributed by atoms with Crippen LogP contribution in [0, 0.1) is 25.8 Å². The summed E-state index contributed by atoms with van der Waals surface area (Å²) >= 11 is 0. The largest absolute Gasteiger partial charge is 1.00 e. The number of nitrogens with zero attached hydrogens (tertiary/aromatic N) is 2. The molecule has 0 bridgehead atoms. The molecule has 3 heteroatoms. The van der Waals surface area contributed by atoms with Crippen LogP contribution >= 0.6 is 0 Å². The second-order valence-electron chi connectivity index (χ2n) is 3.26. The molecule has 0 saturated heterocycles. The normalized spacial score (nSPS) is 8.81. The Morgan fingerprint density at radius 2 is 1.88 bits per heavy atom. The average molecular weight is 202 g/mol. The second kappa shape index (κ2) is 5.52. The maximum absolute atomic E-state index is 4.03. The monoisotopic (exact) mass is 202 g/mol. The molecule has 0 N–H and O–H groups in total. The first-order valence-electron chi connectivity index (χ1n) is 4.70. The summed E-state index contributed by atoms with van der Waals surface area (Å²) in [6.45, 7) is 1.95. The van der Waals surface area contributed by atoms with Crippen molar-refractivity contribution in [3.8, 4) is 11.8 Å². The third-order valence-corrected chi connectivity index (χ3v) is 2.22. The standard InChI is InChI=1S/C13H11N2.Li/c1-11-13(10-14-15(11)2)9-8-12-6-4-3-5-7-12;/h3-7,10H,2H2,1H3;/q-1;+1. The van der Waals surface area contributed by atoms with E-state index in [4.69, 9.17) is 0 Å². The third-order valence-electron chi connectivity index (χ3n) is 2.22. The molecule has 1 aromatic carbocycles. The molecule has 74 valence electrons. The van der Waals surface area contributed by atoms with Crippen LogP contribution in [0.4, 0.5) is 0 Å². The number of benzene rings is 1. The Morgan fingerprint density at radius 3 is 2.44 bits per heavy atom. The first kappa shape index (κ1) is 12.5. The van der Waals surface area contributed by atoms with Gasteiger partial charge in [-0.2, -0.15) is 7.05 Å². The van der Waals surface area contributed by atoms with Crippen molar-refractivity contribution >= 4 is 0 Å². The van der Waals surface area contributed by atoms with Crippen LogP contribution in [0.5, 0.6) is 0 Å². The fourth-order valence-corrected chi connectivity index (χ4v) is 1.23. The summed E-state index contributed by atoms with van der Waals surface area (Å²) in [6.07, 6.45) is 1.73. The quantitative estimate of drug-likeness (QED) is 0.312. The van der Waals surface area contributed by atoms with Gasteiger partial charge < -0.3 is 4.68 Å². The van der Waals surface area contributed by atoms with E-state index in [1.807, 2.05) is 37.3 Å². The van der Waals surface area contributed by atoms with Gasteiger partial charge in [0.1, 0.15) is 0 Å². The van der Waals surface area contributed by atoms with Gasteiger partial charge >= 0.3 is 18.9 Å². The van der Waals surface area contributed by atoms with Crippen molar-refractivity contribution in [3.05, 3.63) is 60.4 Å². The molecule has 0 unspecified atom stereocenters. The van der Waals surface area contributed by atoms with Crippen LogP contribution in [0.2, 0.25) is 0 Å². The zero-order chi connectivity index (χ0) is 10.7. The van der Waals surface area contributed by atoms with E-state index in [2.05, 4.69) is 24.0 Å². The molecular weight excluding hydrogens is 191 g/mol. The molecular formula is C13H11LiN2. The van der Waals surface area contributed by atoms with E-state index in [1.165, 1.54) is 0 Å². The third kappa shape index (κ3) is 2.73. The van der Waals surface area contributed by atoms with Gasteiger partial charge in [-0.1, -0.05) is 42.7 Å². The molecule has 0 amide bonds. The fraction of sp³-hybridized carbons (Fsp3) is 0.0769. The molecule has 0 aliphatic heterocycles. The summed E-state index contributed by atoms with van der Waals surface area (Å²) < 4.78 is 1.58. The summed E-state index contributed by atoms with van der Waals surface area (Å²) in [5.74, 6) is 6.16. The van der Waals surface area contributed by atoms with E-state index in [-0.39, 0.29) is 18.9 Å². The van der Waals surface area contributed by atoms with Crippen LogP contribution in [0.1, 0.15) is 16.8 Å². The SMILES string of the molecule is [CH2-]n1ncc(C#Cc2ccccc2)c1C.[Li+].